The molecule has 3 nitrogen and oxygen atoms in total. The quantitative estimate of drug-likeness (QED) is 0.873. The third kappa shape index (κ3) is 4.71. The van der Waals surface area contributed by atoms with Gasteiger partial charge in [0.05, 0.1) is 0 Å². The zero-order valence-corrected chi connectivity index (χ0v) is 11.0. The number of carbonyl (C=O) groups is 1. The van der Waals surface area contributed by atoms with Crippen LogP contribution in [0.15, 0.2) is 18.2 Å². The average molecular weight is 261 g/mol. The van der Waals surface area contributed by atoms with Gasteiger partial charge in [0.25, 0.3) is 0 Å². The molecule has 1 aromatic rings. The summed E-state index contributed by atoms with van der Waals surface area (Å²) in [5.41, 5.74) is 1.39. The Hall–Kier alpha value is -1.13. The molecule has 5 heteroatoms. The molecule has 0 fully saturated rings. The topological polar surface area (TPSA) is 41.1 Å². The Morgan fingerprint density at radius 3 is 2.65 bits per heavy atom. The Balaban J connectivity index is 0.00000256. The first-order valence-corrected chi connectivity index (χ1v) is 5.26. The first kappa shape index (κ1) is 15.9. The van der Waals surface area contributed by atoms with Crippen LogP contribution in [0.1, 0.15) is 12.5 Å². The molecule has 0 spiro atoms. The zero-order chi connectivity index (χ0) is 12.1. The van der Waals surface area contributed by atoms with Crippen molar-refractivity contribution in [3.63, 3.8) is 0 Å². The third-order valence-corrected chi connectivity index (χ3v) is 2.40. The monoisotopic (exact) mass is 260 g/mol. The fourth-order valence-electron chi connectivity index (χ4n) is 1.42. The minimum atomic E-state index is -0.293. The lowest BCUT2D eigenvalue weighted by molar-refractivity contribution is -0.119. The van der Waals surface area contributed by atoms with Crippen LogP contribution in [0.25, 0.3) is 0 Å². The summed E-state index contributed by atoms with van der Waals surface area (Å²) in [7, 11) is 1.80. The van der Waals surface area contributed by atoms with Crippen molar-refractivity contribution in [3.05, 3.63) is 29.6 Å². The Morgan fingerprint density at radius 2 is 2.12 bits per heavy atom. The number of halogens is 2. The largest absolute Gasteiger partial charge is 0.326 e. The summed E-state index contributed by atoms with van der Waals surface area (Å²) in [6.07, 6.45) is 0. The highest BCUT2D eigenvalue weighted by atomic mass is 35.5. The first-order chi connectivity index (χ1) is 7.54. The summed E-state index contributed by atoms with van der Waals surface area (Å²) in [5.74, 6) is -0.475. The summed E-state index contributed by atoms with van der Waals surface area (Å²) in [5, 5.41) is 5.71. The summed E-state index contributed by atoms with van der Waals surface area (Å²) >= 11 is 0. The van der Waals surface area contributed by atoms with Gasteiger partial charge in [-0.3, -0.25) is 4.79 Å². The highest BCUT2D eigenvalue weighted by Crippen LogP contribution is 2.16. The van der Waals surface area contributed by atoms with Gasteiger partial charge in [-0.2, -0.15) is 0 Å². The molecule has 1 rings (SSSR count). The van der Waals surface area contributed by atoms with Crippen LogP contribution in [0, 0.1) is 18.7 Å². The lowest BCUT2D eigenvalue weighted by Crippen LogP contribution is -2.28. The molecule has 1 amide bonds. The van der Waals surface area contributed by atoms with Crippen LogP contribution in [0.5, 0.6) is 0 Å². The van der Waals surface area contributed by atoms with E-state index < -0.39 is 0 Å². The highest BCUT2D eigenvalue weighted by molar-refractivity contribution is 5.93. The number of aryl methyl sites for hydroxylation is 1. The third-order valence-electron chi connectivity index (χ3n) is 2.40. The molecule has 0 saturated carbocycles. The van der Waals surface area contributed by atoms with E-state index in [9.17, 15) is 9.18 Å². The van der Waals surface area contributed by atoms with Crippen LogP contribution in [0.3, 0.4) is 0 Å². The molecule has 0 heterocycles. The molecule has 0 bridgehead atoms. The fraction of sp³-hybridized carbons (Fsp3) is 0.417. The number of carbonyl (C=O) groups excluding carboxylic acids is 1. The van der Waals surface area contributed by atoms with Crippen molar-refractivity contribution >= 4 is 24.0 Å². The number of nitrogens with one attached hydrogen (secondary N) is 2. The molecule has 1 aromatic carbocycles. The predicted molar refractivity (Wildman–Crippen MR) is 70.1 cm³/mol. The summed E-state index contributed by atoms with van der Waals surface area (Å²) in [4.78, 5) is 11.7. The molecule has 1 unspecified atom stereocenters. The van der Waals surface area contributed by atoms with Crippen LogP contribution >= 0.6 is 12.4 Å². The van der Waals surface area contributed by atoms with E-state index in [0.29, 0.717) is 12.2 Å². The number of benzene rings is 1. The maximum absolute atomic E-state index is 12.8. The standard InChI is InChI=1S/C12H17FN2O.ClH/c1-8-6-10(13)4-5-11(8)15-12(16)9(2)7-14-3;/h4-6,9,14H,7H2,1-3H3,(H,15,16);1H. The van der Waals surface area contributed by atoms with E-state index in [1.54, 1.807) is 20.0 Å². The van der Waals surface area contributed by atoms with Gasteiger partial charge in [-0.1, -0.05) is 6.92 Å². The maximum atomic E-state index is 12.8. The van der Waals surface area contributed by atoms with E-state index in [0.717, 1.165) is 5.56 Å². The second-order valence-electron chi connectivity index (χ2n) is 3.91. The summed E-state index contributed by atoms with van der Waals surface area (Å²) in [6.45, 7) is 4.22. The van der Waals surface area contributed by atoms with Crippen molar-refractivity contribution in [1.82, 2.24) is 5.32 Å². The molecule has 0 aliphatic heterocycles. The summed E-state index contributed by atoms with van der Waals surface area (Å²) < 4.78 is 12.8. The average Bonchev–Trinajstić information content (AvgIpc) is 2.22. The molecule has 0 radical (unpaired) electrons. The number of hydrogen-bond acceptors (Lipinski definition) is 2. The van der Waals surface area contributed by atoms with Crippen molar-refractivity contribution in [1.29, 1.82) is 0 Å². The second kappa shape index (κ2) is 7.25. The highest BCUT2D eigenvalue weighted by Gasteiger charge is 2.12. The minimum Gasteiger partial charge on any atom is -0.326 e. The van der Waals surface area contributed by atoms with Gasteiger partial charge < -0.3 is 10.6 Å². The Morgan fingerprint density at radius 1 is 1.47 bits per heavy atom. The molecule has 96 valence electrons. The first-order valence-electron chi connectivity index (χ1n) is 5.26. The minimum absolute atomic E-state index is 0. The zero-order valence-electron chi connectivity index (χ0n) is 10.2. The lowest BCUT2D eigenvalue weighted by Gasteiger charge is -2.13. The molecule has 0 saturated heterocycles. The van der Waals surface area contributed by atoms with E-state index in [-0.39, 0.29) is 30.0 Å². The van der Waals surface area contributed by atoms with Crippen molar-refractivity contribution in [3.8, 4) is 0 Å². The van der Waals surface area contributed by atoms with Gasteiger partial charge in [-0.05, 0) is 37.7 Å². The Labute approximate surface area is 107 Å². The summed E-state index contributed by atoms with van der Waals surface area (Å²) in [6, 6.07) is 4.32. The van der Waals surface area contributed by atoms with E-state index >= 15 is 0 Å². The van der Waals surface area contributed by atoms with Crippen LogP contribution in [0.2, 0.25) is 0 Å². The Bertz CT molecular complexity index is 385. The number of anilines is 1. The van der Waals surface area contributed by atoms with Gasteiger partial charge in [0.15, 0.2) is 0 Å². The number of hydrogen-bond donors (Lipinski definition) is 2. The van der Waals surface area contributed by atoms with Gasteiger partial charge in [-0.15, -0.1) is 12.4 Å². The van der Waals surface area contributed by atoms with Crippen molar-refractivity contribution in [2.45, 2.75) is 13.8 Å². The van der Waals surface area contributed by atoms with Gasteiger partial charge in [-0.25, -0.2) is 4.39 Å². The normalized spacial score (nSPS) is 11.5. The predicted octanol–water partition coefficient (Wildman–Crippen LogP) is 2.35. The van der Waals surface area contributed by atoms with Gasteiger partial charge in [0, 0.05) is 18.2 Å². The molecular weight excluding hydrogens is 243 g/mol. The number of amides is 1. The Kier molecular flexibility index (Phi) is 6.76. The van der Waals surface area contributed by atoms with Crippen LogP contribution in [-0.4, -0.2) is 19.5 Å². The van der Waals surface area contributed by atoms with Gasteiger partial charge in [0.1, 0.15) is 5.82 Å². The fourth-order valence-corrected chi connectivity index (χ4v) is 1.42. The van der Waals surface area contributed by atoms with Crippen molar-refractivity contribution < 1.29 is 9.18 Å². The molecule has 0 aliphatic carbocycles. The maximum Gasteiger partial charge on any atom is 0.228 e. The van der Waals surface area contributed by atoms with E-state index in [1.165, 1.54) is 12.1 Å². The molecular formula is C12H18ClFN2O. The van der Waals surface area contributed by atoms with Gasteiger partial charge in [0.2, 0.25) is 5.91 Å². The van der Waals surface area contributed by atoms with Crippen LogP contribution < -0.4 is 10.6 Å². The molecule has 17 heavy (non-hydrogen) atoms. The SMILES string of the molecule is CNCC(C)C(=O)Nc1ccc(F)cc1C.Cl. The number of rotatable bonds is 4. The van der Waals surface area contributed by atoms with Crippen LogP contribution in [-0.2, 0) is 4.79 Å². The second-order valence-corrected chi connectivity index (χ2v) is 3.91. The van der Waals surface area contributed by atoms with Crippen molar-refractivity contribution in [2.24, 2.45) is 5.92 Å². The molecule has 1 atom stereocenters. The van der Waals surface area contributed by atoms with E-state index in [2.05, 4.69) is 10.6 Å². The van der Waals surface area contributed by atoms with E-state index in [1.807, 2.05) is 6.92 Å². The van der Waals surface area contributed by atoms with Gasteiger partial charge >= 0.3 is 0 Å². The van der Waals surface area contributed by atoms with Crippen molar-refractivity contribution in [2.75, 3.05) is 18.9 Å². The van der Waals surface area contributed by atoms with Crippen LogP contribution in [0.4, 0.5) is 10.1 Å². The smallest absolute Gasteiger partial charge is 0.228 e. The molecule has 2 N–H and O–H groups in total. The molecule has 0 aromatic heterocycles. The molecule has 0 aliphatic rings. The van der Waals surface area contributed by atoms with E-state index in [4.69, 9.17) is 0 Å². The lowest BCUT2D eigenvalue weighted by atomic mass is 10.1.